The number of nitrogens with zero attached hydrogens (tertiary/aromatic N) is 1. The maximum absolute atomic E-state index is 12.1. The van der Waals surface area contributed by atoms with Crippen LogP contribution in [0.2, 0.25) is 0 Å². The van der Waals surface area contributed by atoms with Crippen LogP contribution in [0.15, 0.2) is 30.3 Å². The predicted molar refractivity (Wildman–Crippen MR) is 133 cm³/mol. The van der Waals surface area contributed by atoms with Crippen LogP contribution in [0.25, 0.3) is 0 Å². The number of carbonyl (C=O) groups is 1. The maximum atomic E-state index is 12.1. The Morgan fingerprint density at radius 1 is 0.882 bits per heavy atom. The van der Waals surface area contributed by atoms with E-state index in [1.54, 1.807) is 0 Å². The summed E-state index contributed by atoms with van der Waals surface area (Å²) in [5.41, 5.74) is 1.02. The SMILES string of the molecule is O=C(OCc1ccccc1)N1CCC([C@H]2C[C@H]2CCO)CC1.OCC[C@@H]1C[C@@H]1C1CCNCC1. The maximum Gasteiger partial charge on any atom is 0.410 e. The van der Waals surface area contributed by atoms with Crippen LogP contribution < -0.4 is 5.32 Å². The Kier molecular flexibility index (Phi) is 9.66. The molecule has 2 aliphatic heterocycles. The summed E-state index contributed by atoms with van der Waals surface area (Å²) in [6.45, 7) is 5.10. The van der Waals surface area contributed by atoms with Gasteiger partial charge in [-0.2, -0.15) is 0 Å². The second-order valence-corrected chi connectivity index (χ2v) is 10.8. The van der Waals surface area contributed by atoms with E-state index in [4.69, 9.17) is 14.9 Å². The smallest absolute Gasteiger partial charge is 0.410 e. The Morgan fingerprint density at radius 3 is 2.00 bits per heavy atom. The molecule has 4 fully saturated rings. The molecular weight excluding hydrogens is 428 g/mol. The summed E-state index contributed by atoms with van der Waals surface area (Å²) in [6.07, 6.45) is 9.36. The van der Waals surface area contributed by atoms with Gasteiger partial charge in [-0.15, -0.1) is 0 Å². The van der Waals surface area contributed by atoms with E-state index in [1.807, 2.05) is 35.2 Å². The van der Waals surface area contributed by atoms with Crippen LogP contribution in [-0.4, -0.2) is 60.6 Å². The third kappa shape index (κ3) is 7.43. The summed E-state index contributed by atoms with van der Waals surface area (Å²) in [5.74, 6) is 5.07. The molecule has 0 bridgehead atoms. The second-order valence-electron chi connectivity index (χ2n) is 10.8. The molecule has 4 aliphatic rings. The second kappa shape index (κ2) is 12.9. The number of rotatable bonds is 8. The lowest BCUT2D eigenvalue weighted by Crippen LogP contribution is -2.39. The van der Waals surface area contributed by atoms with Crippen LogP contribution >= 0.6 is 0 Å². The number of hydrogen-bond donors (Lipinski definition) is 3. The largest absolute Gasteiger partial charge is 0.445 e. The van der Waals surface area contributed by atoms with Crippen molar-refractivity contribution in [3.63, 3.8) is 0 Å². The van der Waals surface area contributed by atoms with Crippen LogP contribution in [0.1, 0.15) is 56.9 Å². The highest BCUT2D eigenvalue weighted by Gasteiger charge is 2.43. The summed E-state index contributed by atoms with van der Waals surface area (Å²) in [7, 11) is 0. The van der Waals surface area contributed by atoms with Crippen molar-refractivity contribution >= 4 is 6.09 Å². The number of carbonyl (C=O) groups excluding carboxylic acids is 1. The molecule has 2 heterocycles. The number of hydrogen-bond acceptors (Lipinski definition) is 5. The summed E-state index contributed by atoms with van der Waals surface area (Å²) in [5, 5.41) is 21.2. The lowest BCUT2D eigenvalue weighted by Gasteiger charge is -2.31. The monoisotopic (exact) mass is 472 g/mol. The zero-order valence-corrected chi connectivity index (χ0v) is 20.6. The van der Waals surface area contributed by atoms with Gasteiger partial charge >= 0.3 is 6.09 Å². The molecule has 1 aromatic carbocycles. The van der Waals surface area contributed by atoms with Crippen molar-refractivity contribution in [3.8, 4) is 0 Å². The highest BCUT2D eigenvalue weighted by atomic mass is 16.6. The molecule has 1 amide bonds. The average molecular weight is 473 g/mol. The Hall–Kier alpha value is -1.63. The Bertz CT molecular complexity index is 731. The van der Waals surface area contributed by atoms with Crippen molar-refractivity contribution in [1.29, 1.82) is 0 Å². The number of ether oxygens (including phenoxy) is 1. The van der Waals surface area contributed by atoms with Gasteiger partial charge in [0.2, 0.25) is 0 Å². The standard InChI is InChI=1S/C18H25NO3.C10H19NO/c20-11-8-16-12-17(16)15-6-9-19(10-7-15)18(21)22-13-14-4-2-1-3-5-14;12-6-3-9-7-10(9)8-1-4-11-5-2-8/h1-5,15-17,20H,6-13H2;8-12H,1-7H2/t16-,17-;9-,10-/m11/s1. The van der Waals surface area contributed by atoms with Crippen LogP contribution in [0.4, 0.5) is 4.79 Å². The van der Waals surface area contributed by atoms with Crippen molar-refractivity contribution in [3.05, 3.63) is 35.9 Å². The van der Waals surface area contributed by atoms with E-state index in [0.29, 0.717) is 19.8 Å². The summed E-state index contributed by atoms with van der Waals surface area (Å²) < 4.78 is 5.39. The van der Waals surface area contributed by atoms with Crippen LogP contribution in [0.5, 0.6) is 0 Å². The van der Waals surface area contributed by atoms with Crippen molar-refractivity contribution in [2.45, 2.75) is 58.0 Å². The summed E-state index contributed by atoms with van der Waals surface area (Å²) >= 11 is 0. The quantitative estimate of drug-likeness (QED) is 0.532. The molecule has 34 heavy (non-hydrogen) atoms. The van der Waals surface area contributed by atoms with Gasteiger partial charge in [0.1, 0.15) is 6.61 Å². The molecule has 6 nitrogen and oxygen atoms in total. The topological polar surface area (TPSA) is 82.0 Å². The zero-order chi connectivity index (χ0) is 23.8. The van der Waals surface area contributed by atoms with E-state index < -0.39 is 0 Å². The highest BCUT2D eigenvalue weighted by molar-refractivity contribution is 5.67. The number of aliphatic hydroxyl groups excluding tert-OH is 2. The minimum absolute atomic E-state index is 0.190. The third-order valence-corrected chi connectivity index (χ3v) is 8.55. The van der Waals surface area contributed by atoms with E-state index >= 15 is 0 Å². The average Bonchev–Trinajstić information content (AvgIpc) is 3.82. The van der Waals surface area contributed by atoms with Gasteiger partial charge in [-0.1, -0.05) is 30.3 Å². The molecule has 6 heteroatoms. The van der Waals surface area contributed by atoms with Crippen molar-refractivity contribution in [2.24, 2.45) is 35.5 Å². The van der Waals surface area contributed by atoms with Crippen molar-refractivity contribution in [2.75, 3.05) is 39.4 Å². The first-order chi connectivity index (χ1) is 16.7. The van der Waals surface area contributed by atoms with Gasteiger partial charge in [-0.05, 0) is 106 Å². The number of likely N-dealkylation sites (tertiary alicyclic amines) is 1. The minimum atomic E-state index is -0.190. The normalized spacial score (nSPS) is 29.2. The summed E-state index contributed by atoms with van der Waals surface area (Å²) in [6, 6.07) is 9.79. The summed E-state index contributed by atoms with van der Waals surface area (Å²) in [4.78, 5) is 13.9. The minimum Gasteiger partial charge on any atom is -0.445 e. The molecule has 4 atom stereocenters. The number of nitrogens with one attached hydrogen (secondary N) is 1. The predicted octanol–water partition coefficient (Wildman–Crippen LogP) is 4.06. The van der Waals surface area contributed by atoms with Crippen LogP contribution in [0, 0.1) is 35.5 Å². The lowest BCUT2D eigenvalue weighted by atomic mass is 9.91. The van der Waals surface area contributed by atoms with E-state index in [9.17, 15) is 4.79 Å². The van der Waals surface area contributed by atoms with E-state index in [1.165, 1.54) is 38.8 Å². The number of benzene rings is 1. The van der Waals surface area contributed by atoms with E-state index in [0.717, 1.165) is 79.8 Å². The molecule has 1 aromatic rings. The van der Waals surface area contributed by atoms with Crippen molar-refractivity contribution in [1.82, 2.24) is 10.2 Å². The molecule has 190 valence electrons. The number of piperidine rings is 2. The van der Waals surface area contributed by atoms with Crippen LogP contribution in [-0.2, 0) is 11.3 Å². The molecule has 0 spiro atoms. The molecular formula is C28H44N2O4. The van der Waals surface area contributed by atoms with Gasteiger partial charge in [0.05, 0.1) is 0 Å². The van der Waals surface area contributed by atoms with E-state index in [2.05, 4.69) is 5.32 Å². The first-order valence-electron chi connectivity index (χ1n) is 13.6. The van der Waals surface area contributed by atoms with Gasteiger partial charge < -0.3 is 25.2 Å². The fraction of sp³-hybridized carbons (Fsp3) is 0.750. The van der Waals surface area contributed by atoms with Gasteiger partial charge in [0.25, 0.3) is 0 Å². The first kappa shape index (κ1) is 25.5. The first-order valence-corrected chi connectivity index (χ1v) is 13.6. The third-order valence-electron chi connectivity index (χ3n) is 8.55. The molecule has 0 unspecified atom stereocenters. The Balaban J connectivity index is 0.000000192. The van der Waals surface area contributed by atoms with E-state index in [-0.39, 0.29) is 6.09 Å². The molecule has 5 rings (SSSR count). The van der Waals surface area contributed by atoms with Gasteiger partial charge in [-0.25, -0.2) is 4.79 Å². The number of aliphatic hydroxyl groups is 2. The molecule has 0 radical (unpaired) electrons. The fourth-order valence-electron chi connectivity index (χ4n) is 6.29. The fourth-order valence-corrected chi connectivity index (χ4v) is 6.29. The molecule has 2 saturated heterocycles. The Labute approximate surface area is 205 Å². The van der Waals surface area contributed by atoms with Gasteiger partial charge in [0, 0.05) is 26.3 Å². The van der Waals surface area contributed by atoms with Crippen molar-refractivity contribution < 1.29 is 19.7 Å². The Morgan fingerprint density at radius 2 is 1.44 bits per heavy atom. The van der Waals surface area contributed by atoms with Gasteiger partial charge in [-0.3, -0.25) is 0 Å². The molecule has 0 aromatic heterocycles. The zero-order valence-electron chi connectivity index (χ0n) is 20.6. The molecule has 2 aliphatic carbocycles. The van der Waals surface area contributed by atoms with Crippen LogP contribution in [0.3, 0.4) is 0 Å². The molecule has 2 saturated carbocycles. The molecule has 3 N–H and O–H groups in total. The highest BCUT2D eigenvalue weighted by Crippen LogP contribution is 2.50. The lowest BCUT2D eigenvalue weighted by molar-refractivity contribution is 0.0795. The van der Waals surface area contributed by atoms with Gasteiger partial charge in [0.15, 0.2) is 0 Å². The number of amides is 1.